The maximum atomic E-state index is 6.13. The molecule has 0 aliphatic carbocycles. The van der Waals surface area contributed by atoms with Crippen molar-refractivity contribution in [2.24, 2.45) is 0 Å². The first-order valence-corrected chi connectivity index (χ1v) is 10.0. The highest BCUT2D eigenvalue weighted by Crippen LogP contribution is 2.50. The number of anilines is 3. The topological polar surface area (TPSA) is 38.2 Å². The molecular formula is C24H27N3O. The SMILES string of the molecule is CCCCc1cc(C)c(N2c3cc(C)ncc3Oc3ccc(C)nc32)c(C)c1. The normalized spacial score (nSPS) is 12.4. The van der Waals surface area contributed by atoms with Crippen molar-refractivity contribution < 1.29 is 4.74 Å². The summed E-state index contributed by atoms with van der Waals surface area (Å²) in [4.78, 5) is 11.5. The second-order valence-corrected chi connectivity index (χ2v) is 7.69. The fraction of sp³-hybridized carbons (Fsp3) is 0.333. The zero-order valence-corrected chi connectivity index (χ0v) is 17.3. The Bertz CT molecular complexity index is 968. The number of fused-ring (bicyclic) bond motifs is 2. The largest absolute Gasteiger partial charge is 0.450 e. The van der Waals surface area contributed by atoms with Gasteiger partial charge < -0.3 is 4.74 Å². The molecular weight excluding hydrogens is 346 g/mol. The highest BCUT2D eigenvalue weighted by Gasteiger charge is 2.29. The van der Waals surface area contributed by atoms with E-state index in [1.54, 1.807) is 6.20 Å². The molecule has 0 radical (unpaired) electrons. The molecule has 0 N–H and O–H groups in total. The predicted molar refractivity (Wildman–Crippen MR) is 114 cm³/mol. The lowest BCUT2D eigenvalue weighted by Crippen LogP contribution is -2.20. The Morgan fingerprint density at radius 3 is 2.39 bits per heavy atom. The van der Waals surface area contributed by atoms with Crippen molar-refractivity contribution in [3.63, 3.8) is 0 Å². The molecule has 0 unspecified atom stereocenters. The van der Waals surface area contributed by atoms with E-state index in [0.717, 1.165) is 40.8 Å². The van der Waals surface area contributed by atoms with E-state index in [2.05, 4.69) is 48.9 Å². The van der Waals surface area contributed by atoms with Crippen LogP contribution in [0.1, 0.15) is 47.8 Å². The lowest BCUT2D eigenvalue weighted by Gasteiger charge is -2.34. The molecule has 2 aromatic heterocycles. The van der Waals surface area contributed by atoms with Crippen molar-refractivity contribution in [3.8, 4) is 11.5 Å². The van der Waals surface area contributed by atoms with E-state index in [1.807, 2.05) is 26.0 Å². The molecule has 0 atom stereocenters. The van der Waals surface area contributed by atoms with Crippen LogP contribution in [0.2, 0.25) is 0 Å². The van der Waals surface area contributed by atoms with Gasteiger partial charge in [0.05, 0.1) is 17.6 Å². The molecule has 0 amide bonds. The van der Waals surface area contributed by atoms with Gasteiger partial charge in [-0.15, -0.1) is 0 Å². The first-order chi connectivity index (χ1) is 13.5. The highest BCUT2D eigenvalue weighted by atomic mass is 16.5. The molecule has 1 aliphatic heterocycles. The summed E-state index contributed by atoms with van der Waals surface area (Å²) in [6, 6.07) is 10.7. The monoisotopic (exact) mass is 373 g/mol. The number of hydrogen-bond acceptors (Lipinski definition) is 4. The highest BCUT2D eigenvalue weighted by molar-refractivity contribution is 5.86. The fourth-order valence-electron chi connectivity index (χ4n) is 3.94. The van der Waals surface area contributed by atoms with E-state index in [1.165, 1.54) is 35.2 Å². The van der Waals surface area contributed by atoms with E-state index in [9.17, 15) is 0 Å². The van der Waals surface area contributed by atoms with E-state index in [0.29, 0.717) is 0 Å². The Kier molecular flexibility index (Phi) is 4.80. The number of ether oxygens (including phenoxy) is 1. The third-order valence-electron chi connectivity index (χ3n) is 5.23. The maximum absolute atomic E-state index is 6.13. The molecule has 0 saturated carbocycles. The molecule has 1 aromatic carbocycles. The van der Waals surface area contributed by atoms with Crippen LogP contribution in [0.25, 0.3) is 0 Å². The molecule has 3 heterocycles. The van der Waals surface area contributed by atoms with Gasteiger partial charge in [0, 0.05) is 11.4 Å². The van der Waals surface area contributed by atoms with E-state index >= 15 is 0 Å². The summed E-state index contributed by atoms with van der Waals surface area (Å²) in [5, 5.41) is 0. The van der Waals surface area contributed by atoms with E-state index < -0.39 is 0 Å². The number of aryl methyl sites for hydroxylation is 5. The molecule has 4 nitrogen and oxygen atoms in total. The maximum Gasteiger partial charge on any atom is 0.181 e. The number of benzene rings is 1. The lowest BCUT2D eigenvalue weighted by molar-refractivity contribution is 0.471. The van der Waals surface area contributed by atoms with Crippen molar-refractivity contribution in [2.75, 3.05) is 4.90 Å². The molecule has 0 bridgehead atoms. The second kappa shape index (κ2) is 7.27. The van der Waals surface area contributed by atoms with Crippen molar-refractivity contribution in [1.29, 1.82) is 0 Å². The third kappa shape index (κ3) is 3.24. The Morgan fingerprint density at radius 1 is 0.929 bits per heavy atom. The first-order valence-electron chi connectivity index (χ1n) is 10.0. The van der Waals surface area contributed by atoms with Crippen LogP contribution in [0.15, 0.2) is 36.5 Å². The minimum atomic E-state index is 0.762. The molecule has 0 fully saturated rings. The molecule has 144 valence electrons. The summed E-state index contributed by atoms with van der Waals surface area (Å²) in [7, 11) is 0. The minimum absolute atomic E-state index is 0.762. The molecule has 1 aliphatic rings. The third-order valence-corrected chi connectivity index (χ3v) is 5.23. The molecule has 0 spiro atoms. The van der Waals surface area contributed by atoms with Gasteiger partial charge in [0.1, 0.15) is 0 Å². The van der Waals surface area contributed by atoms with Crippen molar-refractivity contribution in [2.45, 2.75) is 53.9 Å². The molecule has 28 heavy (non-hydrogen) atoms. The number of pyridine rings is 2. The first kappa shape index (κ1) is 18.5. The van der Waals surface area contributed by atoms with Crippen LogP contribution in [0.4, 0.5) is 17.2 Å². The summed E-state index contributed by atoms with van der Waals surface area (Å²) < 4.78 is 6.13. The summed E-state index contributed by atoms with van der Waals surface area (Å²) in [6.45, 7) is 10.6. The van der Waals surface area contributed by atoms with E-state index in [-0.39, 0.29) is 0 Å². The van der Waals surface area contributed by atoms with Gasteiger partial charge >= 0.3 is 0 Å². The Balaban J connectivity index is 1.92. The second-order valence-electron chi connectivity index (χ2n) is 7.69. The van der Waals surface area contributed by atoms with Gasteiger partial charge in [-0.05, 0) is 75.4 Å². The minimum Gasteiger partial charge on any atom is -0.450 e. The fourth-order valence-corrected chi connectivity index (χ4v) is 3.94. The van der Waals surface area contributed by atoms with Gasteiger partial charge in [0.2, 0.25) is 0 Å². The van der Waals surface area contributed by atoms with Gasteiger partial charge in [-0.25, -0.2) is 4.98 Å². The Morgan fingerprint density at radius 2 is 1.68 bits per heavy atom. The van der Waals surface area contributed by atoms with Crippen LogP contribution >= 0.6 is 0 Å². The van der Waals surface area contributed by atoms with Crippen LogP contribution < -0.4 is 9.64 Å². The van der Waals surface area contributed by atoms with Gasteiger partial charge in [0.25, 0.3) is 0 Å². The van der Waals surface area contributed by atoms with E-state index in [4.69, 9.17) is 9.72 Å². The van der Waals surface area contributed by atoms with Crippen LogP contribution in [0, 0.1) is 27.7 Å². The van der Waals surface area contributed by atoms with Crippen LogP contribution in [0.5, 0.6) is 11.5 Å². The molecule has 0 saturated heterocycles. The Hall–Kier alpha value is -2.88. The summed E-state index contributed by atoms with van der Waals surface area (Å²) in [6.07, 6.45) is 5.35. The van der Waals surface area contributed by atoms with Crippen molar-refractivity contribution in [3.05, 3.63) is 64.6 Å². The Labute approximate surface area is 167 Å². The average molecular weight is 374 g/mol. The quantitative estimate of drug-likeness (QED) is 0.402. The zero-order chi connectivity index (χ0) is 19.8. The summed E-state index contributed by atoms with van der Waals surface area (Å²) in [5.74, 6) is 2.36. The standard InChI is InChI=1S/C24H27N3O/c1-6-7-8-19-11-15(2)23(16(3)12-19)27-20-13-18(5)25-14-22(20)28-21-10-9-17(4)26-24(21)27/h9-14H,6-8H2,1-5H3. The zero-order valence-electron chi connectivity index (χ0n) is 17.3. The molecule has 4 rings (SSSR count). The molecule has 4 heteroatoms. The van der Waals surface area contributed by atoms with Gasteiger partial charge in [-0.3, -0.25) is 9.88 Å². The van der Waals surface area contributed by atoms with Gasteiger partial charge in [-0.2, -0.15) is 0 Å². The van der Waals surface area contributed by atoms with Crippen LogP contribution in [-0.4, -0.2) is 9.97 Å². The summed E-state index contributed by atoms with van der Waals surface area (Å²) >= 11 is 0. The number of unbranched alkanes of at least 4 members (excludes halogenated alkanes) is 1. The predicted octanol–water partition coefficient (Wildman–Crippen LogP) is 6.63. The number of aromatic nitrogens is 2. The smallest absolute Gasteiger partial charge is 0.181 e. The summed E-state index contributed by atoms with van der Waals surface area (Å²) in [5.41, 5.74) is 8.00. The number of rotatable bonds is 4. The van der Waals surface area contributed by atoms with Gasteiger partial charge in [-0.1, -0.05) is 25.5 Å². The van der Waals surface area contributed by atoms with Crippen molar-refractivity contribution >= 4 is 17.2 Å². The van der Waals surface area contributed by atoms with Crippen LogP contribution in [-0.2, 0) is 6.42 Å². The van der Waals surface area contributed by atoms with Crippen molar-refractivity contribution in [1.82, 2.24) is 9.97 Å². The molecule has 3 aromatic rings. The average Bonchev–Trinajstić information content (AvgIpc) is 2.66. The number of hydrogen-bond donors (Lipinski definition) is 0. The number of nitrogens with zero attached hydrogens (tertiary/aromatic N) is 3. The van der Waals surface area contributed by atoms with Crippen LogP contribution in [0.3, 0.4) is 0 Å². The lowest BCUT2D eigenvalue weighted by atomic mass is 9.99. The van der Waals surface area contributed by atoms with Gasteiger partial charge in [0.15, 0.2) is 17.3 Å².